The maximum atomic E-state index is 12.5. The molecule has 1 heterocycles. The van der Waals surface area contributed by atoms with Crippen LogP contribution in [-0.4, -0.2) is 18.9 Å². The van der Waals surface area contributed by atoms with E-state index < -0.39 is 0 Å². The van der Waals surface area contributed by atoms with E-state index in [9.17, 15) is 9.59 Å². The standard InChI is InChI=1S/C17H18N2O2S/c1-18-15(20)11-12-4-6-13(7-5-12)19-16(21)17(8-9-17)14-3-2-10-22-14/h2-7,10H,8-9,11H2,1H3,(H,18,20)(H,19,21). The first kappa shape index (κ1) is 14.8. The second-order valence-electron chi connectivity index (χ2n) is 5.56. The van der Waals surface area contributed by atoms with Crippen molar-refractivity contribution in [2.45, 2.75) is 24.7 Å². The van der Waals surface area contributed by atoms with Gasteiger partial charge in [0.25, 0.3) is 0 Å². The van der Waals surface area contributed by atoms with Crippen molar-refractivity contribution in [3.63, 3.8) is 0 Å². The molecule has 2 amide bonds. The minimum atomic E-state index is -0.324. The summed E-state index contributed by atoms with van der Waals surface area (Å²) in [5.41, 5.74) is 1.37. The van der Waals surface area contributed by atoms with E-state index in [1.807, 2.05) is 41.8 Å². The number of carbonyl (C=O) groups is 2. The van der Waals surface area contributed by atoms with Gasteiger partial charge in [0.15, 0.2) is 0 Å². The number of anilines is 1. The maximum Gasteiger partial charge on any atom is 0.235 e. The van der Waals surface area contributed by atoms with E-state index in [1.165, 1.54) is 0 Å². The molecule has 1 saturated carbocycles. The second-order valence-corrected chi connectivity index (χ2v) is 6.51. The fourth-order valence-corrected chi connectivity index (χ4v) is 3.47. The number of hydrogen-bond acceptors (Lipinski definition) is 3. The van der Waals surface area contributed by atoms with Gasteiger partial charge in [0.2, 0.25) is 11.8 Å². The molecular formula is C17H18N2O2S. The van der Waals surface area contributed by atoms with Crippen LogP contribution < -0.4 is 10.6 Å². The first-order valence-electron chi connectivity index (χ1n) is 7.29. The Labute approximate surface area is 133 Å². The lowest BCUT2D eigenvalue weighted by atomic mass is 10.0. The van der Waals surface area contributed by atoms with Crippen LogP contribution in [0, 0.1) is 0 Å². The van der Waals surface area contributed by atoms with E-state index in [0.29, 0.717) is 6.42 Å². The van der Waals surface area contributed by atoms with Gasteiger partial charge in [-0.2, -0.15) is 0 Å². The van der Waals surface area contributed by atoms with E-state index in [4.69, 9.17) is 0 Å². The van der Waals surface area contributed by atoms with Gasteiger partial charge in [0, 0.05) is 17.6 Å². The van der Waals surface area contributed by atoms with Gasteiger partial charge in [0.05, 0.1) is 11.8 Å². The van der Waals surface area contributed by atoms with E-state index >= 15 is 0 Å². The molecule has 0 atom stereocenters. The molecule has 1 aromatic carbocycles. The molecule has 22 heavy (non-hydrogen) atoms. The third-order valence-corrected chi connectivity index (χ3v) is 5.11. The van der Waals surface area contributed by atoms with E-state index in [1.54, 1.807) is 18.4 Å². The zero-order valence-electron chi connectivity index (χ0n) is 12.4. The molecule has 0 bridgehead atoms. The molecule has 0 aliphatic heterocycles. The molecule has 2 N–H and O–H groups in total. The topological polar surface area (TPSA) is 58.2 Å². The quantitative estimate of drug-likeness (QED) is 0.891. The van der Waals surface area contributed by atoms with Gasteiger partial charge in [-0.3, -0.25) is 9.59 Å². The highest BCUT2D eigenvalue weighted by Gasteiger charge is 2.52. The van der Waals surface area contributed by atoms with Gasteiger partial charge in [0.1, 0.15) is 0 Å². The molecule has 5 heteroatoms. The van der Waals surface area contributed by atoms with Crippen LogP contribution in [0.25, 0.3) is 0 Å². The Morgan fingerprint density at radius 3 is 2.45 bits per heavy atom. The van der Waals surface area contributed by atoms with Crippen molar-refractivity contribution in [2.75, 3.05) is 12.4 Å². The normalized spacial score (nSPS) is 15.1. The first-order valence-corrected chi connectivity index (χ1v) is 8.17. The second kappa shape index (κ2) is 5.93. The number of hydrogen-bond donors (Lipinski definition) is 2. The number of nitrogens with one attached hydrogen (secondary N) is 2. The van der Waals surface area contributed by atoms with E-state index in [-0.39, 0.29) is 17.2 Å². The Morgan fingerprint density at radius 1 is 1.18 bits per heavy atom. The summed E-state index contributed by atoms with van der Waals surface area (Å²) in [6, 6.07) is 11.5. The molecule has 1 aliphatic carbocycles. The fourth-order valence-electron chi connectivity index (χ4n) is 2.49. The molecule has 1 aliphatic rings. The largest absolute Gasteiger partial charge is 0.359 e. The molecule has 114 valence electrons. The predicted molar refractivity (Wildman–Crippen MR) is 88.1 cm³/mol. The Kier molecular flexibility index (Phi) is 3.98. The summed E-state index contributed by atoms with van der Waals surface area (Å²) in [4.78, 5) is 25.0. The van der Waals surface area contributed by atoms with Crippen molar-refractivity contribution in [2.24, 2.45) is 0 Å². The summed E-state index contributed by atoms with van der Waals surface area (Å²) in [7, 11) is 1.62. The SMILES string of the molecule is CNC(=O)Cc1ccc(NC(=O)C2(c3cccs3)CC2)cc1. The third-order valence-electron chi connectivity index (χ3n) is 4.03. The minimum Gasteiger partial charge on any atom is -0.359 e. The van der Waals surface area contributed by atoms with Gasteiger partial charge < -0.3 is 10.6 Å². The van der Waals surface area contributed by atoms with Gasteiger partial charge >= 0.3 is 0 Å². The average Bonchev–Trinajstić information content (AvgIpc) is 3.16. The number of thiophene rings is 1. The van der Waals surface area contributed by atoms with Crippen molar-refractivity contribution in [3.05, 3.63) is 52.2 Å². The molecule has 0 radical (unpaired) electrons. The van der Waals surface area contributed by atoms with Gasteiger partial charge in [-0.1, -0.05) is 18.2 Å². The van der Waals surface area contributed by atoms with Crippen molar-refractivity contribution in [1.29, 1.82) is 0 Å². The average molecular weight is 314 g/mol. The summed E-state index contributed by atoms with van der Waals surface area (Å²) in [5.74, 6) is 0.0421. The highest BCUT2D eigenvalue weighted by molar-refractivity contribution is 7.10. The Bertz CT molecular complexity index is 673. The molecular weight excluding hydrogens is 296 g/mol. The van der Waals surface area contributed by atoms with Crippen LogP contribution >= 0.6 is 11.3 Å². The smallest absolute Gasteiger partial charge is 0.235 e. The van der Waals surface area contributed by atoms with Crippen molar-refractivity contribution in [3.8, 4) is 0 Å². The molecule has 1 fully saturated rings. The van der Waals surface area contributed by atoms with Crippen LogP contribution in [0.5, 0.6) is 0 Å². The number of amides is 2. The number of carbonyl (C=O) groups excluding carboxylic acids is 2. The van der Waals surface area contributed by atoms with Gasteiger partial charge in [-0.25, -0.2) is 0 Å². The summed E-state index contributed by atoms with van der Waals surface area (Å²) in [6.45, 7) is 0. The maximum absolute atomic E-state index is 12.5. The van der Waals surface area contributed by atoms with E-state index in [0.717, 1.165) is 29.0 Å². The summed E-state index contributed by atoms with van der Waals surface area (Å²) in [6.07, 6.45) is 2.17. The van der Waals surface area contributed by atoms with Crippen molar-refractivity contribution in [1.82, 2.24) is 5.32 Å². The molecule has 4 nitrogen and oxygen atoms in total. The van der Waals surface area contributed by atoms with E-state index in [2.05, 4.69) is 10.6 Å². The molecule has 1 aromatic heterocycles. The summed E-state index contributed by atoms with van der Waals surface area (Å²) < 4.78 is 0. The van der Waals surface area contributed by atoms with Gasteiger partial charge in [-0.05, 0) is 42.0 Å². The third kappa shape index (κ3) is 2.90. The Balaban J connectivity index is 1.66. The predicted octanol–water partition coefficient (Wildman–Crippen LogP) is 2.71. The molecule has 3 rings (SSSR count). The Hall–Kier alpha value is -2.14. The van der Waals surface area contributed by atoms with Gasteiger partial charge in [-0.15, -0.1) is 11.3 Å². The van der Waals surface area contributed by atoms with Crippen LogP contribution in [0.1, 0.15) is 23.3 Å². The van der Waals surface area contributed by atoms with Crippen LogP contribution in [-0.2, 0) is 21.4 Å². The van der Waals surface area contributed by atoms with Crippen molar-refractivity contribution >= 4 is 28.8 Å². The van der Waals surface area contributed by atoms with Crippen LogP contribution in [0.15, 0.2) is 41.8 Å². The first-order chi connectivity index (χ1) is 10.6. The van der Waals surface area contributed by atoms with Crippen LogP contribution in [0.3, 0.4) is 0 Å². The van der Waals surface area contributed by atoms with Crippen LogP contribution in [0.4, 0.5) is 5.69 Å². The lowest BCUT2D eigenvalue weighted by Crippen LogP contribution is -2.27. The lowest BCUT2D eigenvalue weighted by Gasteiger charge is -2.14. The number of likely N-dealkylation sites (N-methyl/N-ethyl adjacent to an activating group) is 1. The zero-order valence-corrected chi connectivity index (χ0v) is 13.2. The monoisotopic (exact) mass is 314 g/mol. The van der Waals surface area contributed by atoms with Crippen LogP contribution in [0.2, 0.25) is 0 Å². The fraction of sp³-hybridized carbons (Fsp3) is 0.294. The molecule has 0 unspecified atom stereocenters. The zero-order chi connectivity index (χ0) is 15.6. The minimum absolute atomic E-state index is 0.0218. The molecule has 0 saturated heterocycles. The number of benzene rings is 1. The summed E-state index contributed by atoms with van der Waals surface area (Å²) in [5, 5.41) is 7.60. The highest BCUT2D eigenvalue weighted by Crippen LogP contribution is 2.50. The number of rotatable bonds is 5. The highest BCUT2D eigenvalue weighted by atomic mass is 32.1. The molecule has 0 spiro atoms. The molecule has 2 aromatic rings. The lowest BCUT2D eigenvalue weighted by molar-refractivity contribution is -0.120. The van der Waals surface area contributed by atoms with Crippen molar-refractivity contribution < 1.29 is 9.59 Å². The Morgan fingerprint density at radius 2 is 1.91 bits per heavy atom. The summed E-state index contributed by atoms with van der Waals surface area (Å²) >= 11 is 1.64.